The van der Waals surface area contributed by atoms with Crippen LogP contribution in [-0.2, 0) is 33.2 Å². The fourth-order valence-corrected chi connectivity index (χ4v) is 9.45. The monoisotopic (exact) mass is 1080 g/mol. The smallest absolute Gasteiger partial charge is 0.119 e. The summed E-state index contributed by atoms with van der Waals surface area (Å²) in [5, 5.41) is 0. The Kier molecular flexibility index (Phi) is 17.4. The van der Waals surface area contributed by atoms with Crippen molar-refractivity contribution in [1.29, 1.82) is 0 Å². The first-order valence-corrected chi connectivity index (χ1v) is 27.8. The highest BCUT2D eigenvalue weighted by atomic mass is 16.6. The van der Waals surface area contributed by atoms with Gasteiger partial charge in [-0.15, -0.1) is 0 Å². The number of methoxy groups -OCH3 is 1. The quantitative estimate of drug-likeness (QED) is 0.0239. The first-order chi connectivity index (χ1) is 39.5. The van der Waals surface area contributed by atoms with E-state index in [4.69, 9.17) is 66.3 Å². The summed E-state index contributed by atoms with van der Waals surface area (Å²) in [6, 6.07) is 58.8. The molecule has 6 unspecified atom stereocenters. The van der Waals surface area contributed by atoms with Gasteiger partial charge in [0.05, 0.1) is 46.2 Å². The maximum Gasteiger partial charge on any atom is 0.119 e. The molecule has 6 atom stereocenters. The number of rotatable bonds is 30. The van der Waals surface area contributed by atoms with Gasteiger partial charge in [-0.2, -0.15) is 0 Å². The molecule has 14 nitrogen and oxygen atoms in total. The lowest BCUT2D eigenvalue weighted by atomic mass is 9.73. The molecule has 0 aliphatic carbocycles. The molecule has 7 aromatic rings. The summed E-state index contributed by atoms with van der Waals surface area (Å²) in [6.45, 7) is 9.23. The van der Waals surface area contributed by atoms with E-state index in [0.717, 1.165) is 79.9 Å². The van der Waals surface area contributed by atoms with E-state index in [-0.39, 0.29) is 54.4 Å². The van der Waals surface area contributed by atoms with Crippen molar-refractivity contribution in [2.24, 2.45) is 0 Å². The summed E-state index contributed by atoms with van der Waals surface area (Å²) in [7, 11) is 1.67. The van der Waals surface area contributed by atoms with Crippen LogP contribution >= 0.6 is 0 Å². The molecule has 6 aliphatic heterocycles. The van der Waals surface area contributed by atoms with Crippen molar-refractivity contribution in [1.82, 2.24) is 0 Å². The Balaban J connectivity index is 0.000000167. The first-order valence-electron chi connectivity index (χ1n) is 27.8. The Morgan fingerprint density at radius 1 is 0.275 bits per heavy atom. The molecule has 0 bridgehead atoms. The summed E-state index contributed by atoms with van der Waals surface area (Å²) in [6.07, 6.45) is 1.30. The van der Waals surface area contributed by atoms with Crippen LogP contribution in [0.2, 0.25) is 0 Å². The van der Waals surface area contributed by atoms with E-state index >= 15 is 0 Å². The molecule has 0 aromatic heterocycles. The molecule has 6 fully saturated rings. The van der Waals surface area contributed by atoms with Crippen LogP contribution in [0.4, 0.5) is 0 Å². The number of epoxide rings is 6. The van der Waals surface area contributed by atoms with Crippen molar-refractivity contribution < 1.29 is 66.3 Å². The molecule has 6 saturated heterocycles. The molecule has 0 amide bonds. The molecule has 6 aliphatic rings. The molecule has 0 N–H and O–H groups in total. The summed E-state index contributed by atoms with van der Waals surface area (Å²) in [5.41, 5.74) is 8.26. The van der Waals surface area contributed by atoms with Gasteiger partial charge < -0.3 is 66.3 Å². The average molecular weight is 1090 g/mol. The van der Waals surface area contributed by atoms with E-state index < -0.39 is 0 Å². The third-order valence-corrected chi connectivity index (χ3v) is 14.5. The second kappa shape index (κ2) is 26.0. The van der Waals surface area contributed by atoms with Gasteiger partial charge in [0.25, 0.3) is 0 Å². The minimum Gasteiger partial charge on any atom is -0.491 e. The number of hydrogen-bond donors (Lipinski definition) is 0. The predicted octanol–water partition coefficient (Wildman–Crippen LogP) is 10.2. The summed E-state index contributed by atoms with van der Waals surface area (Å²) < 4.78 is 78.2. The van der Waals surface area contributed by atoms with Crippen LogP contribution in [-0.4, -0.2) is 136 Å². The van der Waals surface area contributed by atoms with E-state index in [0.29, 0.717) is 52.9 Å². The zero-order chi connectivity index (χ0) is 53.9. The highest BCUT2D eigenvalue weighted by Crippen LogP contribution is 2.45. The first kappa shape index (κ1) is 53.5. The van der Waals surface area contributed by atoms with Gasteiger partial charge in [0.2, 0.25) is 0 Å². The Morgan fingerprint density at radius 2 is 0.463 bits per heavy atom. The molecular formula is C66H68O14. The van der Waals surface area contributed by atoms with E-state index in [2.05, 4.69) is 133 Å². The van der Waals surface area contributed by atoms with Gasteiger partial charge in [0, 0.05) is 24.9 Å². The fraction of sp³-hybridized carbons (Fsp3) is 0.364. The maximum atomic E-state index is 5.98. The second-order valence-electron chi connectivity index (χ2n) is 20.8. The van der Waals surface area contributed by atoms with Crippen LogP contribution in [0, 0.1) is 0 Å². The van der Waals surface area contributed by atoms with E-state index in [9.17, 15) is 0 Å². The summed E-state index contributed by atoms with van der Waals surface area (Å²) >= 11 is 0. The standard InChI is InChI=1S/C38H38O8.C28H30O6/c1-9-29(39-17-33-21-43-33)10-2-25(1)37(26-3-11-30(12-4-26)40-18-34-22-44-34)38(27-5-13-31(14-6-27)41-19-35-23-45-35)28-7-15-32(16-8-28)42-20-36-24-46-36;1-29-14-15-30-23-8-2-20(3-9-23)28(21-4-10-24(11-5-21)31-16-26-18-33-26)22-6-12-25(13-7-22)32-17-27-19-34-27/h1-16,33-38H,17-24H2;2-13,26-28H,14-19H2,1H3. The molecule has 6 heterocycles. The Labute approximate surface area is 467 Å². The van der Waals surface area contributed by atoms with Crippen molar-refractivity contribution in [2.75, 3.05) is 99.6 Å². The number of ether oxygens (including phenoxy) is 14. The van der Waals surface area contributed by atoms with Crippen molar-refractivity contribution in [3.05, 3.63) is 209 Å². The van der Waals surface area contributed by atoms with Crippen molar-refractivity contribution >= 4 is 0 Å². The molecule has 416 valence electrons. The van der Waals surface area contributed by atoms with E-state index in [1.54, 1.807) is 7.11 Å². The lowest BCUT2D eigenvalue weighted by molar-refractivity contribution is 0.146. The molecule has 0 saturated carbocycles. The number of benzene rings is 7. The van der Waals surface area contributed by atoms with Crippen LogP contribution in [0.1, 0.15) is 56.7 Å². The lowest BCUT2D eigenvalue weighted by Crippen LogP contribution is -2.15. The van der Waals surface area contributed by atoms with Crippen LogP contribution < -0.4 is 33.2 Å². The predicted molar refractivity (Wildman–Crippen MR) is 299 cm³/mol. The van der Waals surface area contributed by atoms with Crippen LogP contribution in [0.25, 0.3) is 0 Å². The zero-order valence-electron chi connectivity index (χ0n) is 45.0. The largest absolute Gasteiger partial charge is 0.491 e. The van der Waals surface area contributed by atoms with Gasteiger partial charge in [0.1, 0.15) is 123 Å². The van der Waals surface area contributed by atoms with Gasteiger partial charge in [-0.3, -0.25) is 0 Å². The third-order valence-electron chi connectivity index (χ3n) is 14.5. The van der Waals surface area contributed by atoms with Gasteiger partial charge in [-0.05, 0) is 124 Å². The molecular weight excluding hydrogens is 1020 g/mol. The molecule has 7 aromatic carbocycles. The number of hydrogen-bond acceptors (Lipinski definition) is 14. The molecule has 80 heavy (non-hydrogen) atoms. The Hall–Kier alpha value is -7.14. The van der Waals surface area contributed by atoms with Gasteiger partial charge in [-0.25, -0.2) is 0 Å². The molecule has 0 spiro atoms. The van der Waals surface area contributed by atoms with E-state index in [1.807, 2.05) is 36.4 Å². The Morgan fingerprint density at radius 3 is 0.650 bits per heavy atom. The molecule has 14 heteroatoms. The second-order valence-corrected chi connectivity index (χ2v) is 20.8. The lowest BCUT2D eigenvalue weighted by Gasteiger charge is -2.30. The van der Waals surface area contributed by atoms with Crippen molar-refractivity contribution in [3.8, 4) is 40.2 Å². The molecule has 13 rings (SSSR count). The van der Waals surface area contributed by atoms with Gasteiger partial charge in [-0.1, -0.05) is 84.9 Å². The highest BCUT2D eigenvalue weighted by molar-refractivity contribution is 5.50. The average Bonchev–Trinajstić information content (AvgIpc) is 4.29. The highest BCUT2D eigenvalue weighted by Gasteiger charge is 2.31. The van der Waals surface area contributed by atoms with Gasteiger partial charge >= 0.3 is 0 Å². The van der Waals surface area contributed by atoms with Crippen molar-refractivity contribution in [2.45, 2.75) is 54.4 Å². The summed E-state index contributed by atoms with van der Waals surface area (Å²) in [4.78, 5) is 0. The van der Waals surface area contributed by atoms with Crippen LogP contribution in [0.15, 0.2) is 170 Å². The maximum absolute atomic E-state index is 5.98. The minimum atomic E-state index is -0.0140. The SMILES string of the molecule is COCCOc1ccc(C(c2ccc(OCC3CO3)cc2)c2ccc(OCC3CO3)cc2)cc1.c1cc(C(c2ccc(OCC3CO3)cc2)C(c2ccc(OCC3CO3)cc2)c2ccc(OCC3CO3)cc2)ccc1OCC1CO1. The third kappa shape index (κ3) is 15.8. The molecule has 0 radical (unpaired) electrons. The van der Waals surface area contributed by atoms with E-state index in [1.165, 1.54) is 38.9 Å². The van der Waals surface area contributed by atoms with Crippen LogP contribution in [0.5, 0.6) is 40.2 Å². The fourth-order valence-electron chi connectivity index (χ4n) is 9.45. The van der Waals surface area contributed by atoms with Crippen LogP contribution in [0.3, 0.4) is 0 Å². The van der Waals surface area contributed by atoms with Crippen molar-refractivity contribution in [3.63, 3.8) is 0 Å². The zero-order valence-corrected chi connectivity index (χ0v) is 45.0. The van der Waals surface area contributed by atoms with Gasteiger partial charge in [0.15, 0.2) is 0 Å². The Bertz CT molecular complexity index is 2690. The minimum absolute atomic E-state index is 0.0140. The topological polar surface area (TPSA) is 149 Å². The summed E-state index contributed by atoms with van der Waals surface area (Å²) in [5.74, 6) is 5.92. The normalized spacial score (nSPS) is 21.8.